The van der Waals surface area contributed by atoms with Crippen LogP contribution in [0.1, 0.15) is 38.5 Å². The van der Waals surface area contributed by atoms with Crippen molar-refractivity contribution in [2.45, 2.75) is 44.6 Å². The number of likely N-dealkylation sites (tertiary alicyclic amines) is 3. The van der Waals surface area contributed by atoms with Crippen LogP contribution in [0.15, 0.2) is 30.3 Å². The van der Waals surface area contributed by atoms with Gasteiger partial charge in [-0.15, -0.1) is 0 Å². The highest BCUT2D eigenvalue weighted by atomic mass is 16.2. The number of nitrogens with zero attached hydrogens (tertiary/aromatic N) is 3. The summed E-state index contributed by atoms with van der Waals surface area (Å²) >= 11 is 0. The van der Waals surface area contributed by atoms with E-state index < -0.39 is 0 Å². The van der Waals surface area contributed by atoms with E-state index in [1.165, 1.54) is 0 Å². The predicted octanol–water partition coefficient (Wildman–Crippen LogP) is 3.02. The Balaban J connectivity index is 1.26. The standard InChI is InChI=1S/C22H32N4O2/c27-21(24-12-4-5-13-24)18-7-6-14-26(17-18)20-10-15-25(16-11-20)22(28)23-19-8-2-1-3-9-19/h1-3,8-9,18,20H,4-7,10-17H2,(H,23,28)/t18-/m0/s1. The van der Waals surface area contributed by atoms with Crippen molar-refractivity contribution in [1.82, 2.24) is 14.7 Å². The van der Waals surface area contributed by atoms with Crippen LogP contribution in [0.4, 0.5) is 10.5 Å². The summed E-state index contributed by atoms with van der Waals surface area (Å²) in [6, 6.07) is 10.1. The van der Waals surface area contributed by atoms with Crippen molar-refractivity contribution in [2.75, 3.05) is 44.6 Å². The Morgan fingerprint density at radius 1 is 0.821 bits per heavy atom. The molecule has 3 aliphatic rings. The molecule has 3 fully saturated rings. The van der Waals surface area contributed by atoms with Crippen LogP contribution in [0, 0.1) is 5.92 Å². The number of piperidine rings is 2. The van der Waals surface area contributed by atoms with Gasteiger partial charge in [-0.05, 0) is 57.2 Å². The van der Waals surface area contributed by atoms with Gasteiger partial charge in [0.25, 0.3) is 0 Å². The summed E-state index contributed by atoms with van der Waals surface area (Å²) in [6.07, 6.45) is 6.44. The Hall–Kier alpha value is -2.08. The van der Waals surface area contributed by atoms with Gasteiger partial charge in [0.2, 0.25) is 5.91 Å². The van der Waals surface area contributed by atoms with Crippen LogP contribution in [0.25, 0.3) is 0 Å². The highest BCUT2D eigenvalue weighted by Gasteiger charge is 2.34. The SMILES string of the molecule is O=C(Nc1ccccc1)N1CCC(N2CCC[C@H](C(=O)N3CCCC3)C2)CC1. The monoisotopic (exact) mass is 384 g/mol. The van der Waals surface area contributed by atoms with E-state index in [1.807, 2.05) is 35.2 Å². The third kappa shape index (κ3) is 4.49. The van der Waals surface area contributed by atoms with Gasteiger partial charge in [0.05, 0.1) is 5.92 Å². The molecule has 0 saturated carbocycles. The quantitative estimate of drug-likeness (QED) is 0.872. The second kappa shape index (κ2) is 8.95. The lowest BCUT2D eigenvalue weighted by atomic mass is 9.93. The molecule has 28 heavy (non-hydrogen) atoms. The number of hydrogen-bond acceptors (Lipinski definition) is 3. The van der Waals surface area contributed by atoms with Gasteiger partial charge in [-0.25, -0.2) is 4.79 Å². The van der Waals surface area contributed by atoms with Crippen molar-refractivity contribution in [3.63, 3.8) is 0 Å². The van der Waals surface area contributed by atoms with Gasteiger partial charge in [0.15, 0.2) is 0 Å². The van der Waals surface area contributed by atoms with E-state index in [1.54, 1.807) is 0 Å². The number of rotatable bonds is 3. The normalized spacial score (nSPS) is 24.4. The minimum atomic E-state index is -0.00891. The van der Waals surface area contributed by atoms with Crippen molar-refractivity contribution in [3.8, 4) is 0 Å². The average molecular weight is 385 g/mol. The molecule has 1 atom stereocenters. The molecule has 1 N–H and O–H groups in total. The zero-order valence-electron chi connectivity index (χ0n) is 16.7. The van der Waals surface area contributed by atoms with Crippen LogP contribution in [-0.2, 0) is 4.79 Å². The molecule has 6 nitrogen and oxygen atoms in total. The van der Waals surface area contributed by atoms with Crippen LogP contribution in [0.5, 0.6) is 0 Å². The van der Waals surface area contributed by atoms with Crippen LogP contribution in [-0.4, -0.2) is 71.9 Å². The first kappa shape index (κ1) is 19.2. The summed E-state index contributed by atoms with van der Waals surface area (Å²) in [6.45, 7) is 5.45. The molecule has 0 unspecified atom stereocenters. The molecule has 152 valence electrons. The first-order chi connectivity index (χ1) is 13.7. The predicted molar refractivity (Wildman–Crippen MR) is 110 cm³/mol. The van der Waals surface area contributed by atoms with Crippen molar-refractivity contribution < 1.29 is 9.59 Å². The van der Waals surface area contributed by atoms with Crippen LogP contribution in [0.3, 0.4) is 0 Å². The fourth-order valence-electron chi connectivity index (χ4n) is 4.89. The Bertz CT molecular complexity index is 666. The van der Waals surface area contributed by atoms with Gasteiger partial charge in [0, 0.05) is 44.5 Å². The van der Waals surface area contributed by atoms with Crippen molar-refractivity contribution in [1.29, 1.82) is 0 Å². The minimum absolute atomic E-state index is 0.00891. The summed E-state index contributed by atoms with van der Waals surface area (Å²) in [5.74, 6) is 0.549. The second-order valence-corrected chi connectivity index (χ2v) is 8.38. The third-order valence-electron chi connectivity index (χ3n) is 6.51. The fraction of sp³-hybridized carbons (Fsp3) is 0.636. The van der Waals surface area contributed by atoms with Crippen LogP contribution >= 0.6 is 0 Å². The molecule has 0 spiro atoms. The van der Waals surface area contributed by atoms with E-state index in [9.17, 15) is 9.59 Å². The number of nitrogens with one attached hydrogen (secondary N) is 1. The Morgan fingerprint density at radius 3 is 2.25 bits per heavy atom. The molecular formula is C22H32N4O2. The van der Waals surface area contributed by atoms with Gasteiger partial charge < -0.3 is 15.1 Å². The maximum absolute atomic E-state index is 12.8. The lowest BCUT2D eigenvalue weighted by molar-refractivity contribution is -0.136. The molecule has 3 aliphatic heterocycles. The molecule has 4 rings (SSSR count). The Labute approximate surface area is 167 Å². The first-order valence-electron chi connectivity index (χ1n) is 10.8. The summed E-state index contributed by atoms with van der Waals surface area (Å²) in [7, 11) is 0. The lowest BCUT2D eigenvalue weighted by Gasteiger charge is -2.42. The van der Waals surface area contributed by atoms with Gasteiger partial charge in [0.1, 0.15) is 0 Å². The molecule has 6 heteroatoms. The smallest absolute Gasteiger partial charge is 0.321 e. The van der Waals surface area contributed by atoms with E-state index >= 15 is 0 Å². The van der Waals surface area contributed by atoms with E-state index in [2.05, 4.69) is 15.1 Å². The molecule has 0 aromatic heterocycles. The third-order valence-corrected chi connectivity index (χ3v) is 6.51. The van der Waals surface area contributed by atoms with E-state index in [0.29, 0.717) is 11.9 Å². The molecular weight excluding hydrogens is 352 g/mol. The number of para-hydroxylation sites is 1. The first-order valence-corrected chi connectivity index (χ1v) is 10.8. The molecule has 0 aliphatic carbocycles. The fourth-order valence-corrected chi connectivity index (χ4v) is 4.89. The zero-order chi connectivity index (χ0) is 19.3. The lowest BCUT2D eigenvalue weighted by Crippen LogP contribution is -2.52. The highest BCUT2D eigenvalue weighted by molar-refractivity contribution is 5.89. The topological polar surface area (TPSA) is 55.9 Å². The molecule has 3 heterocycles. The zero-order valence-corrected chi connectivity index (χ0v) is 16.7. The maximum Gasteiger partial charge on any atom is 0.321 e. The summed E-state index contributed by atoms with van der Waals surface area (Å²) in [5.41, 5.74) is 0.842. The van der Waals surface area contributed by atoms with Crippen molar-refractivity contribution in [3.05, 3.63) is 30.3 Å². The van der Waals surface area contributed by atoms with Crippen LogP contribution < -0.4 is 5.32 Å². The number of anilines is 1. The average Bonchev–Trinajstić information content (AvgIpc) is 3.29. The second-order valence-electron chi connectivity index (χ2n) is 8.38. The summed E-state index contributed by atoms with van der Waals surface area (Å²) < 4.78 is 0. The van der Waals surface area contributed by atoms with Gasteiger partial charge in [-0.1, -0.05) is 18.2 Å². The number of amides is 3. The van der Waals surface area contributed by atoms with E-state index in [4.69, 9.17) is 0 Å². The van der Waals surface area contributed by atoms with E-state index in [-0.39, 0.29) is 11.9 Å². The molecule has 3 saturated heterocycles. The largest absolute Gasteiger partial charge is 0.342 e. The molecule has 1 aromatic carbocycles. The summed E-state index contributed by atoms with van der Waals surface area (Å²) in [4.78, 5) is 31.8. The van der Waals surface area contributed by atoms with Gasteiger partial charge in [-0.3, -0.25) is 9.69 Å². The van der Waals surface area contributed by atoms with Crippen LogP contribution in [0.2, 0.25) is 0 Å². The van der Waals surface area contributed by atoms with Crippen molar-refractivity contribution >= 4 is 17.6 Å². The van der Waals surface area contributed by atoms with Gasteiger partial charge in [-0.2, -0.15) is 0 Å². The molecule has 0 radical (unpaired) electrons. The van der Waals surface area contributed by atoms with E-state index in [0.717, 1.165) is 83.5 Å². The number of carbonyl (C=O) groups is 2. The Kier molecular flexibility index (Phi) is 6.15. The molecule has 1 aromatic rings. The number of urea groups is 1. The number of benzene rings is 1. The minimum Gasteiger partial charge on any atom is -0.342 e. The molecule has 0 bridgehead atoms. The highest BCUT2D eigenvalue weighted by Crippen LogP contribution is 2.26. The van der Waals surface area contributed by atoms with Gasteiger partial charge >= 0.3 is 6.03 Å². The summed E-state index contributed by atoms with van der Waals surface area (Å²) in [5, 5.41) is 2.98. The molecule has 3 amide bonds. The Morgan fingerprint density at radius 2 is 1.54 bits per heavy atom. The maximum atomic E-state index is 12.8. The number of carbonyl (C=O) groups excluding carboxylic acids is 2. The number of hydrogen-bond donors (Lipinski definition) is 1. The van der Waals surface area contributed by atoms with Crippen molar-refractivity contribution in [2.24, 2.45) is 5.92 Å².